The molecule has 192 valence electrons. The summed E-state index contributed by atoms with van der Waals surface area (Å²) in [6, 6.07) is 21.2. The highest BCUT2D eigenvalue weighted by Crippen LogP contribution is 2.24. The van der Waals surface area contributed by atoms with E-state index >= 15 is 0 Å². The largest absolute Gasteiger partial charge is 0.371 e. The molecule has 1 unspecified atom stereocenters. The van der Waals surface area contributed by atoms with Gasteiger partial charge in [0.05, 0.1) is 0 Å². The molecule has 0 radical (unpaired) electrons. The third-order valence-electron chi connectivity index (χ3n) is 6.57. The van der Waals surface area contributed by atoms with Crippen molar-refractivity contribution in [3.8, 4) is 0 Å². The first kappa shape index (κ1) is 25.9. The Morgan fingerprint density at radius 3 is 2.32 bits per heavy atom. The van der Waals surface area contributed by atoms with Crippen molar-refractivity contribution in [1.82, 2.24) is 5.32 Å². The second-order valence-electron chi connectivity index (χ2n) is 9.40. The zero-order valence-corrected chi connectivity index (χ0v) is 21.4. The first-order valence-electron chi connectivity index (χ1n) is 12.9. The number of nitrogens with zero attached hydrogens (tertiary/aromatic N) is 1. The van der Waals surface area contributed by atoms with E-state index in [1.165, 1.54) is 12.8 Å². The van der Waals surface area contributed by atoms with Crippen molar-refractivity contribution in [3.63, 3.8) is 0 Å². The second kappa shape index (κ2) is 12.2. The van der Waals surface area contributed by atoms with E-state index in [-0.39, 0.29) is 17.7 Å². The molecule has 1 saturated heterocycles. The number of hydrogen-bond donors (Lipinski definition) is 3. The van der Waals surface area contributed by atoms with Gasteiger partial charge < -0.3 is 20.9 Å². The van der Waals surface area contributed by atoms with Crippen molar-refractivity contribution < 1.29 is 14.4 Å². The molecule has 0 aromatic heterocycles. The molecule has 3 N–H and O–H groups in total. The Morgan fingerprint density at radius 2 is 1.59 bits per heavy atom. The third-order valence-corrected chi connectivity index (χ3v) is 6.57. The molecule has 3 aromatic rings. The topological polar surface area (TPSA) is 90.5 Å². The number of nitrogens with one attached hydrogen (secondary N) is 3. The summed E-state index contributed by atoms with van der Waals surface area (Å²) in [5.74, 6) is -0.867. The van der Waals surface area contributed by atoms with Crippen LogP contribution in [-0.4, -0.2) is 36.9 Å². The van der Waals surface area contributed by atoms with Crippen molar-refractivity contribution in [1.29, 1.82) is 0 Å². The van der Waals surface area contributed by atoms with Gasteiger partial charge in [0.15, 0.2) is 0 Å². The second-order valence-corrected chi connectivity index (χ2v) is 9.40. The van der Waals surface area contributed by atoms with Crippen LogP contribution in [0.1, 0.15) is 58.9 Å². The molecule has 0 saturated carbocycles. The first-order chi connectivity index (χ1) is 17.9. The molecule has 0 aliphatic carbocycles. The highest BCUT2D eigenvalue weighted by molar-refractivity contribution is 6.06. The Morgan fingerprint density at radius 1 is 0.838 bits per heavy atom. The van der Waals surface area contributed by atoms with Crippen LogP contribution in [-0.2, 0) is 4.79 Å². The summed E-state index contributed by atoms with van der Waals surface area (Å²) >= 11 is 0. The molecule has 37 heavy (non-hydrogen) atoms. The standard InChI is InChI=1S/C30H34N4O3/c1-3-10-26(30(37)31-24-13-9-14-25(20-24)34-17-7-8-18-34)32-29(36)23-16-15-21(2)27(19-23)33-28(35)22-11-5-4-6-12-22/h4-6,9,11-16,19-20,26H,3,7-8,10,17-18H2,1-2H3,(H,31,37)(H,32,36)(H,33,35). The van der Waals surface area contributed by atoms with Gasteiger partial charge in [-0.3, -0.25) is 14.4 Å². The minimum Gasteiger partial charge on any atom is -0.371 e. The van der Waals surface area contributed by atoms with Gasteiger partial charge in [0.25, 0.3) is 11.8 Å². The molecule has 0 bridgehead atoms. The van der Waals surface area contributed by atoms with Crippen LogP contribution in [0.15, 0.2) is 72.8 Å². The van der Waals surface area contributed by atoms with Crippen molar-refractivity contribution in [2.45, 2.75) is 45.6 Å². The van der Waals surface area contributed by atoms with Gasteiger partial charge in [-0.05, 0) is 74.2 Å². The first-order valence-corrected chi connectivity index (χ1v) is 12.9. The van der Waals surface area contributed by atoms with Crippen LogP contribution in [0.4, 0.5) is 17.1 Å². The van der Waals surface area contributed by atoms with Gasteiger partial charge in [-0.25, -0.2) is 0 Å². The number of anilines is 3. The van der Waals surface area contributed by atoms with Crippen LogP contribution >= 0.6 is 0 Å². The van der Waals surface area contributed by atoms with E-state index in [1.807, 2.05) is 38.1 Å². The van der Waals surface area contributed by atoms with Gasteiger partial charge in [-0.15, -0.1) is 0 Å². The molecule has 7 heteroatoms. The lowest BCUT2D eigenvalue weighted by molar-refractivity contribution is -0.118. The van der Waals surface area contributed by atoms with E-state index < -0.39 is 6.04 Å². The molecule has 1 fully saturated rings. The maximum atomic E-state index is 13.1. The van der Waals surface area contributed by atoms with Crippen molar-refractivity contribution in [2.75, 3.05) is 28.6 Å². The Labute approximate surface area is 218 Å². The van der Waals surface area contributed by atoms with Gasteiger partial charge in [0.2, 0.25) is 5.91 Å². The summed E-state index contributed by atoms with van der Waals surface area (Å²) in [5.41, 5.74) is 4.10. The summed E-state index contributed by atoms with van der Waals surface area (Å²) in [7, 11) is 0. The molecule has 1 atom stereocenters. The molecule has 7 nitrogen and oxygen atoms in total. The van der Waals surface area contributed by atoms with Crippen LogP contribution in [0.3, 0.4) is 0 Å². The number of benzene rings is 3. The van der Waals surface area contributed by atoms with Crippen LogP contribution in [0, 0.1) is 6.92 Å². The quantitative estimate of drug-likeness (QED) is 0.369. The molecule has 1 aliphatic heterocycles. The predicted octanol–water partition coefficient (Wildman–Crippen LogP) is 5.38. The van der Waals surface area contributed by atoms with E-state index in [4.69, 9.17) is 0 Å². The number of carbonyl (C=O) groups is 3. The van der Waals surface area contributed by atoms with E-state index in [1.54, 1.807) is 42.5 Å². The number of amides is 3. The third kappa shape index (κ3) is 6.76. The summed E-state index contributed by atoms with van der Waals surface area (Å²) in [4.78, 5) is 41.2. The van der Waals surface area contributed by atoms with Crippen LogP contribution < -0.4 is 20.9 Å². The van der Waals surface area contributed by atoms with Crippen LogP contribution in [0.25, 0.3) is 0 Å². The number of rotatable bonds is 9. The minimum atomic E-state index is -0.684. The lowest BCUT2D eigenvalue weighted by Gasteiger charge is -2.21. The van der Waals surface area contributed by atoms with E-state index in [9.17, 15) is 14.4 Å². The SMILES string of the molecule is CCCC(NC(=O)c1ccc(C)c(NC(=O)c2ccccc2)c1)C(=O)Nc1cccc(N2CCCC2)c1. The summed E-state index contributed by atoms with van der Waals surface area (Å²) < 4.78 is 0. The van der Waals surface area contributed by atoms with Crippen LogP contribution in [0.2, 0.25) is 0 Å². The van der Waals surface area contributed by atoms with Gasteiger partial charge >= 0.3 is 0 Å². The summed E-state index contributed by atoms with van der Waals surface area (Å²) in [5, 5.41) is 8.74. The summed E-state index contributed by atoms with van der Waals surface area (Å²) in [6.45, 7) is 5.89. The Bertz CT molecular complexity index is 1250. The monoisotopic (exact) mass is 498 g/mol. The van der Waals surface area contributed by atoms with Gasteiger partial charge in [-0.1, -0.05) is 43.7 Å². The van der Waals surface area contributed by atoms with Crippen molar-refractivity contribution in [3.05, 3.63) is 89.5 Å². The highest BCUT2D eigenvalue weighted by Gasteiger charge is 2.22. The molecule has 1 aliphatic rings. The normalized spacial score (nSPS) is 13.6. The lowest BCUT2D eigenvalue weighted by Crippen LogP contribution is -2.43. The smallest absolute Gasteiger partial charge is 0.255 e. The minimum absolute atomic E-state index is 0.249. The average Bonchev–Trinajstić information content (AvgIpc) is 3.45. The zero-order chi connectivity index (χ0) is 26.2. The Kier molecular flexibility index (Phi) is 8.56. The Balaban J connectivity index is 1.43. The molecule has 3 aromatic carbocycles. The fourth-order valence-electron chi connectivity index (χ4n) is 4.47. The van der Waals surface area contributed by atoms with Gasteiger partial charge in [0.1, 0.15) is 6.04 Å². The van der Waals surface area contributed by atoms with E-state index in [0.717, 1.165) is 30.8 Å². The highest BCUT2D eigenvalue weighted by atomic mass is 16.2. The van der Waals surface area contributed by atoms with Crippen molar-refractivity contribution in [2.24, 2.45) is 0 Å². The lowest BCUT2D eigenvalue weighted by atomic mass is 10.1. The van der Waals surface area contributed by atoms with E-state index in [0.29, 0.717) is 28.9 Å². The average molecular weight is 499 g/mol. The molecule has 0 spiro atoms. The Hall–Kier alpha value is -4.13. The van der Waals surface area contributed by atoms with Gasteiger partial charge in [0, 0.05) is 41.3 Å². The predicted molar refractivity (Wildman–Crippen MR) is 148 cm³/mol. The number of carbonyl (C=O) groups excluding carboxylic acids is 3. The fraction of sp³-hybridized carbons (Fsp3) is 0.300. The fourth-order valence-corrected chi connectivity index (χ4v) is 4.47. The maximum absolute atomic E-state index is 13.1. The molecular weight excluding hydrogens is 464 g/mol. The molecule has 3 amide bonds. The number of hydrogen-bond acceptors (Lipinski definition) is 4. The molecule has 4 rings (SSSR count). The van der Waals surface area contributed by atoms with E-state index in [2.05, 4.69) is 26.9 Å². The summed E-state index contributed by atoms with van der Waals surface area (Å²) in [6.07, 6.45) is 3.60. The van der Waals surface area contributed by atoms with Crippen molar-refractivity contribution >= 4 is 34.8 Å². The number of aryl methyl sites for hydroxylation is 1. The zero-order valence-electron chi connectivity index (χ0n) is 21.4. The van der Waals surface area contributed by atoms with Crippen LogP contribution in [0.5, 0.6) is 0 Å². The van der Waals surface area contributed by atoms with Gasteiger partial charge in [-0.2, -0.15) is 0 Å². The molecular formula is C30H34N4O3. The maximum Gasteiger partial charge on any atom is 0.255 e. The molecule has 1 heterocycles.